The lowest BCUT2D eigenvalue weighted by Crippen LogP contribution is -2.17. The molecule has 3 rings (SSSR count). The summed E-state index contributed by atoms with van der Waals surface area (Å²) in [6.07, 6.45) is 4.32. The topological polar surface area (TPSA) is 89.8 Å². The van der Waals surface area contributed by atoms with Gasteiger partial charge in [-0.3, -0.25) is 19.3 Å². The quantitative estimate of drug-likeness (QED) is 0.742. The predicted octanol–water partition coefficient (Wildman–Crippen LogP) is 2.00. The van der Waals surface area contributed by atoms with Gasteiger partial charge in [0, 0.05) is 25.0 Å². The van der Waals surface area contributed by atoms with Gasteiger partial charge < -0.3 is 5.32 Å². The molecule has 2 aromatic heterocycles. The molecule has 0 aliphatic heterocycles. The Morgan fingerprint density at radius 2 is 1.88 bits per heavy atom. The summed E-state index contributed by atoms with van der Waals surface area (Å²) in [4.78, 5) is 33.0. The summed E-state index contributed by atoms with van der Waals surface area (Å²) in [5, 5.41) is 7.00. The minimum atomic E-state index is -0.336. The average Bonchev–Trinajstić information content (AvgIpc) is 2.89. The summed E-state index contributed by atoms with van der Waals surface area (Å²) in [7, 11) is 1.67. The first-order valence-corrected chi connectivity index (χ1v) is 7.28. The Bertz CT molecular complexity index is 888. The number of carbonyl (C=O) groups excluding carboxylic acids is 2. The summed E-state index contributed by atoms with van der Waals surface area (Å²) in [6.45, 7) is 1.71. The van der Waals surface area contributed by atoms with Gasteiger partial charge in [0.25, 0.3) is 5.91 Å². The smallest absolute Gasteiger partial charge is 0.256 e. The molecular weight excluding hydrogens is 306 g/mol. The molecular formula is C17H15N5O2. The van der Waals surface area contributed by atoms with Gasteiger partial charge in [-0.1, -0.05) is 18.2 Å². The van der Waals surface area contributed by atoms with Crippen molar-refractivity contribution in [2.45, 2.75) is 6.92 Å². The zero-order valence-corrected chi connectivity index (χ0v) is 13.2. The van der Waals surface area contributed by atoms with Gasteiger partial charge in [-0.05, 0) is 19.1 Å². The molecule has 0 aliphatic carbocycles. The van der Waals surface area contributed by atoms with Crippen LogP contribution in [0, 0.1) is 6.92 Å². The first-order valence-electron chi connectivity index (χ1n) is 7.28. The van der Waals surface area contributed by atoms with Gasteiger partial charge in [0.2, 0.25) is 5.78 Å². The van der Waals surface area contributed by atoms with Crippen molar-refractivity contribution in [3.05, 3.63) is 71.4 Å². The Hall–Kier alpha value is -3.35. The van der Waals surface area contributed by atoms with Crippen LogP contribution in [0.1, 0.15) is 32.1 Å². The maximum Gasteiger partial charge on any atom is 0.256 e. The largest absolute Gasteiger partial charge is 0.306 e. The van der Waals surface area contributed by atoms with Crippen molar-refractivity contribution in [1.82, 2.24) is 19.7 Å². The van der Waals surface area contributed by atoms with Crippen molar-refractivity contribution in [3.8, 4) is 0 Å². The molecule has 0 saturated heterocycles. The van der Waals surface area contributed by atoms with Gasteiger partial charge in [0.1, 0.15) is 11.5 Å². The standard InChI is InChI=1S/C17H15N5O2/c1-11-14(15(23)13-10-18-8-9-19-13)16(22(2)21-11)20-17(24)12-6-4-3-5-7-12/h3-10H,1-2H3,(H,20,24). The van der Waals surface area contributed by atoms with E-state index in [0.717, 1.165) is 0 Å². The second-order valence-corrected chi connectivity index (χ2v) is 5.17. The third-order valence-electron chi connectivity index (χ3n) is 3.51. The maximum atomic E-state index is 12.7. The number of benzene rings is 1. The summed E-state index contributed by atoms with van der Waals surface area (Å²) >= 11 is 0. The third kappa shape index (κ3) is 2.91. The van der Waals surface area contributed by atoms with Crippen molar-refractivity contribution in [2.75, 3.05) is 5.32 Å². The fraction of sp³-hybridized carbons (Fsp3) is 0.118. The van der Waals surface area contributed by atoms with Crippen LogP contribution in [0.4, 0.5) is 5.82 Å². The zero-order chi connectivity index (χ0) is 17.1. The van der Waals surface area contributed by atoms with Crippen LogP contribution < -0.4 is 5.32 Å². The van der Waals surface area contributed by atoms with Crippen LogP contribution in [-0.2, 0) is 7.05 Å². The number of aromatic nitrogens is 4. The SMILES string of the molecule is Cc1nn(C)c(NC(=O)c2ccccc2)c1C(=O)c1cnccn1. The molecule has 0 radical (unpaired) electrons. The molecule has 0 unspecified atom stereocenters. The van der Waals surface area contributed by atoms with Crippen LogP contribution in [0.25, 0.3) is 0 Å². The van der Waals surface area contributed by atoms with E-state index < -0.39 is 0 Å². The fourth-order valence-electron chi connectivity index (χ4n) is 2.39. The highest BCUT2D eigenvalue weighted by Crippen LogP contribution is 2.22. The molecule has 0 fully saturated rings. The van der Waals surface area contributed by atoms with Gasteiger partial charge in [-0.2, -0.15) is 5.10 Å². The van der Waals surface area contributed by atoms with E-state index in [1.165, 1.54) is 23.3 Å². The number of hydrogen-bond acceptors (Lipinski definition) is 5. The van der Waals surface area contributed by atoms with E-state index in [4.69, 9.17) is 0 Å². The lowest BCUT2D eigenvalue weighted by Gasteiger charge is -2.08. The molecule has 1 aromatic carbocycles. The lowest BCUT2D eigenvalue weighted by molar-refractivity contribution is 0.102. The van der Waals surface area contributed by atoms with Crippen LogP contribution in [0.5, 0.6) is 0 Å². The number of amides is 1. The van der Waals surface area contributed by atoms with Crippen molar-refractivity contribution < 1.29 is 9.59 Å². The number of nitrogens with one attached hydrogen (secondary N) is 1. The first kappa shape index (κ1) is 15.5. The number of carbonyl (C=O) groups is 2. The van der Waals surface area contributed by atoms with E-state index in [9.17, 15) is 9.59 Å². The number of hydrogen-bond donors (Lipinski definition) is 1. The predicted molar refractivity (Wildman–Crippen MR) is 87.8 cm³/mol. The Kier molecular flexibility index (Phi) is 4.15. The van der Waals surface area contributed by atoms with Gasteiger partial charge >= 0.3 is 0 Å². The van der Waals surface area contributed by atoms with Crippen LogP contribution in [0.15, 0.2) is 48.9 Å². The molecule has 1 amide bonds. The first-order chi connectivity index (χ1) is 11.6. The molecule has 0 aliphatic rings. The Balaban J connectivity index is 1.97. The van der Waals surface area contributed by atoms with Gasteiger partial charge in [-0.25, -0.2) is 4.98 Å². The number of rotatable bonds is 4. The number of aryl methyl sites for hydroxylation is 2. The number of ketones is 1. The van der Waals surface area contributed by atoms with Crippen LogP contribution >= 0.6 is 0 Å². The van der Waals surface area contributed by atoms with E-state index in [2.05, 4.69) is 20.4 Å². The molecule has 0 atom stereocenters. The van der Waals surface area contributed by atoms with Crippen LogP contribution in [-0.4, -0.2) is 31.4 Å². The Morgan fingerprint density at radius 3 is 2.54 bits per heavy atom. The molecule has 120 valence electrons. The minimum absolute atomic E-state index is 0.198. The van der Waals surface area contributed by atoms with Crippen molar-refractivity contribution in [2.24, 2.45) is 7.05 Å². The van der Waals surface area contributed by atoms with Gasteiger partial charge in [-0.15, -0.1) is 0 Å². The van der Waals surface area contributed by atoms with Crippen LogP contribution in [0.2, 0.25) is 0 Å². The van der Waals surface area contributed by atoms with E-state index in [0.29, 0.717) is 22.6 Å². The van der Waals surface area contributed by atoms with E-state index in [1.807, 2.05) is 6.07 Å². The summed E-state index contributed by atoms with van der Waals surface area (Å²) in [5.74, 6) is -0.319. The fourth-order valence-corrected chi connectivity index (χ4v) is 2.39. The molecule has 24 heavy (non-hydrogen) atoms. The Labute approximate surface area is 138 Å². The monoisotopic (exact) mass is 321 g/mol. The zero-order valence-electron chi connectivity index (χ0n) is 13.2. The molecule has 7 nitrogen and oxygen atoms in total. The van der Waals surface area contributed by atoms with Crippen molar-refractivity contribution >= 4 is 17.5 Å². The van der Waals surface area contributed by atoms with Crippen LogP contribution in [0.3, 0.4) is 0 Å². The van der Waals surface area contributed by atoms with Crippen molar-refractivity contribution in [1.29, 1.82) is 0 Å². The van der Waals surface area contributed by atoms with Gasteiger partial charge in [0.15, 0.2) is 0 Å². The summed E-state index contributed by atoms with van der Waals surface area (Å²) in [6, 6.07) is 8.77. The minimum Gasteiger partial charge on any atom is -0.306 e. The second kappa shape index (κ2) is 6.41. The van der Waals surface area contributed by atoms with Gasteiger partial charge in [0.05, 0.1) is 17.5 Å². The average molecular weight is 321 g/mol. The Morgan fingerprint density at radius 1 is 1.12 bits per heavy atom. The lowest BCUT2D eigenvalue weighted by atomic mass is 10.1. The molecule has 7 heteroatoms. The molecule has 0 saturated carbocycles. The molecule has 1 N–H and O–H groups in total. The second-order valence-electron chi connectivity index (χ2n) is 5.17. The molecule has 2 heterocycles. The van der Waals surface area contributed by atoms with E-state index in [1.54, 1.807) is 38.2 Å². The summed E-state index contributed by atoms with van der Waals surface area (Å²) < 4.78 is 1.47. The molecule has 0 bridgehead atoms. The highest BCUT2D eigenvalue weighted by atomic mass is 16.2. The van der Waals surface area contributed by atoms with E-state index >= 15 is 0 Å². The van der Waals surface area contributed by atoms with Crippen molar-refractivity contribution in [3.63, 3.8) is 0 Å². The number of nitrogens with zero attached hydrogens (tertiary/aromatic N) is 4. The summed E-state index contributed by atoms with van der Waals surface area (Å²) in [5.41, 5.74) is 1.51. The molecule has 0 spiro atoms. The normalized spacial score (nSPS) is 10.4. The highest BCUT2D eigenvalue weighted by Gasteiger charge is 2.24. The highest BCUT2D eigenvalue weighted by molar-refractivity contribution is 6.14. The molecule has 3 aromatic rings. The number of anilines is 1. The third-order valence-corrected chi connectivity index (χ3v) is 3.51. The maximum absolute atomic E-state index is 12.7. The van der Waals surface area contributed by atoms with E-state index in [-0.39, 0.29) is 17.4 Å².